The van der Waals surface area contributed by atoms with Gasteiger partial charge in [0.25, 0.3) is 0 Å². The van der Waals surface area contributed by atoms with Crippen LogP contribution in [0.4, 0.5) is 0 Å². The quantitative estimate of drug-likeness (QED) is 0.900. The van der Waals surface area contributed by atoms with E-state index in [2.05, 4.69) is 48.3 Å². The van der Waals surface area contributed by atoms with Crippen molar-refractivity contribution in [3.8, 4) is 5.75 Å². The second-order valence-corrected chi connectivity index (χ2v) is 6.08. The molecule has 2 aliphatic heterocycles. The molecular weight excluding hydrogens is 236 g/mol. The zero-order chi connectivity index (χ0) is 13.2. The fourth-order valence-corrected chi connectivity index (χ4v) is 3.16. The Morgan fingerprint density at radius 3 is 3.05 bits per heavy atom. The van der Waals surface area contributed by atoms with Crippen molar-refractivity contribution < 1.29 is 4.74 Å². The lowest BCUT2D eigenvalue weighted by Gasteiger charge is -2.23. The Morgan fingerprint density at radius 1 is 1.37 bits per heavy atom. The lowest BCUT2D eigenvalue weighted by atomic mass is 10.1. The molecule has 2 unspecified atom stereocenters. The number of hydrogen-bond donors (Lipinski definition) is 1. The molecule has 0 aromatic heterocycles. The second kappa shape index (κ2) is 5.51. The summed E-state index contributed by atoms with van der Waals surface area (Å²) in [6, 6.07) is 9.54. The smallest absolute Gasteiger partial charge is 0.124 e. The van der Waals surface area contributed by atoms with Gasteiger partial charge in [-0.2, -0.15) is 0 Å². The molecule has 0 bridgehead atoms. The number of fused-ring (bicyclic) bond motifs is 1. The third-order valence-corrected chi connectivity index (χ3v) is 4.25. The molecule has 1 aromatic rings. The molecule has 1 N–H and O–H groups in total. The van der Waals surface area contributed by atoms with Crippen LogP contribution in [0, 0.1) is 5.92 Å². The van der Waals surface area contributed by atoms with E-state index in [1.165, 1.54) is 25.1 Å². The minimum Gasteiger partial charge on any atom is -0.491 e. The summed E-state index contributed by atoms with van der Waals surface area (Å²) in [6.07, 6.45) is 1.30. The average Bonchev–Trinajstić information content (AvgIpc) is 3.02. The number of benzene rings is 1. The van der Waals surface area contributed by atoms with Crippen molar-refractivity contribution in [1.29, 1.82) is 0 Å². The van der Waals surface area contributed by atoms with Gasteiger partial charge in [0, 0.05) is 18.2 Å². The van der Waals surface area contributed by atoms with Crippen LogP contribution in [0.1, 0.15) is 31.9 Å². The van der Waals surface area contributed by atoms with Crippen molar-refractivity contribution in [3.05, 3.63) is 29.8 Å². The third kappa shape index (κ3) is 2.77. The molecule has 0 amide bonds. The van der Waals surface area contributed by atoms with E-state index in [0.717, 1.165) is 24.8 Å². The molecule has 0 spiro atoms. The highest BCUT2D eigenvalue weighted by atomic mass is 16.5. The van der Waals surface area contributed by atoms with Crippen molar-refractivity contribution in [2.75, 3.05) is 26.2 Å². The number of likely N-dealkylation sites (tertiary alicyclic amines) is 1. The van der Waals surface area contributed by atoms with Crippen LogP contribution in [0.3, 0.4) is 0 Å². The van der Waals surface area contributed by atoms with Gasteiger partial charge in [0.05, 0.1) is 6.04 Å². The molecule has 2 aliphatic rings. The highest BCUT2D eigenvalue weighted by molar-refractivity contribution is 5.39. The molecule has 2 heterocycles. The Kier molecular flexibility index (Phi) is 3.76. The summed E-state index contributed by atoms with van der Waals surface area (Å²) in [5, 5.41) is 3.56. The molecule has 19 heavy (non-hydrogen) atoms. The Bertz CT molecular complexity index is 433. The van der Waals surface area contributed by atoms with Crippen LogP contribution >= 0.6 is 0 Å². The van der Waals surface area contributed by atoms with Crippen LogP contribution < -0.4 is 10.1 Å². The summed E-state index contributed by atoms with van der Waals surface area (Å²) in [6.45, 7) is 8.80. The molecule has 0 saturated carbocycles. The highest BCUT2D eigenvalue weighted by Gasteiger charge is 2.33. The standard InChI is InChI=1S/C16H24N2O/c1-12(2)17-9-13-7-8-18(10-13)15-11-19-16-6-4-3-5-14(15)16/h3-6,12-13,15,17H,7-11H2,1-2H3. The number of nitrogens with zero attached hydrogens (tertiary/aromatic N) is 1. The molecular formula is C16H24N2O. The SMILES string of the molecule is CC(C)NCC1CCN(C2COc3ccccc32)C1. The van der Waals surface area contributed by atoms with Crippen molar-refractivity contribution in [3.63, 3.8) is 0 Å². The number of nitrogens with one attached hydrogen (secondary N) is 1. The first-order valence-electron chi connectivity index (χ1n) is 7.43. The first-order chi connectivity index (χ1) is 9.24. The zero-order valence-electron chi connectivity index (χ0n) is 11.9. The molecule has 1 saturated heterocycles. The van der Waals surface area contributed by atoms with Gasteiger partial charge in [-0.25, -0.2) is 0 Å². The Hall–Kier alpha value is -1.06. The molecule has 0 radical (unpaired) electrons. The molecule has 1 fully saturated rings. The number of rotatable bonds is 4. The fraction of sp³-hybridized carbons (Fsp3) is 0.625. The first kappa shape index (κ1) is 12.9. The van der Waals surface area contributed by atoms with E-state index in [9.17, 15) is 0 Å². The summed E-state index contributed by atoms with van der Waals surface area (Å²) in [4.78, 5) is 2.60. The largest absolute Gasteiger partial charge is 0.491 e. The van der Waals surface area contributed by atoms with Crippen LogP contribution in [-0.4, -0.2) is 37.2 Å². The predicted molar refractivity (Wildman–Crippen MR) is 77.5 cm³/mol. The van der Waals surface area contributed by atoms with Gasteiger partial charge in [-0.15, -0.1) is 0 Å². The molecule has 1 aromatic carbocycles. The van der Waals surface area contributed by atoms with Gasteiger partial charge in [-0.1, -0.05) is 32.0 Å². The van der Waals surface area contributed by atoms with Gasteiger partial charge in [-0.3, -0.25) is 4.90 Å². The van der Waals surface area contributed by atoms with Crippen LogP contribution in [-0.2, 0) is 0 Å². The number of hydrogen-bond acceptors (Lipinski definition) is 3. The van der Waals surface area contributed by atoms with E-state index in [0.29, 0.717) is 12.1 Å². The summed E-state index contributed by atoms with van der Waals surface area (Å²) in [5.74, 6) is 1.87. The minimum absolute atomic E-state index is 0.472. The fourth-order valence-electron chi connectivity index (χ4n) is 3.16. The molecule has 3 rings (SSSR count). The van der Waals surface area contributed by atoms with Gasteiger partial charge in [0.15, 0.2) is 0 Å². The summed E-state index contributed by atoms with van der Waals surface area (Å²) < 4.78 is 5.80. The van der Waals surface area contributed by atoms with E-state index >= 15 is 0 Å². The number of ether oxygens (including phenoxy) is 1. The van der Waals surface area contributed by atoms with Crippen molar-refractivity contribution in [2.45, 2.75) is 32.4 Å². The van der Waals surface area contributed by atoms with Crippen molar-refractivity contribution in [2.24, 2.45) is 5.92 Å². The van der Waals surface area contributed by atoms with Gasteiger partial charge in [-0.05, 0) is 31.5 Å². The highest BCUT2D eigenvalue weighted by Crippen LogP contribution is 2.37. The summed E-state index contributed by atoms with van der Waals surface area (Å²) in [7, 11) is 0. The molecule has 3 heteroatoms. The van der Waals surface area contributed by atoms with Crippen LogP contribution in [0.5, 0.6) is 5.75 Å². The van der Waals surface area contributed by atoms with E-state index in [-0.39, 0.29) is 0 Å². The van der Waals surface area contributed by atoms with Crippen LogP contribution in [0.15, 0.2) is 24.3 Å². The normalized spacial score (nSPS) is 26.7. The van der Waals surface area contributed by atoms with E-state index < -0.39 is 0 Å². The van der Waals surface area contributed by atoms with Crippen LogP contribution in [0.2, 0.25) is 0 Å². The molecule has 0 aliphatic carbocycles. The lowest BCUT2D eigenvalue weighted by Crippen LogP contribution is -2.32. The second-order valence-electron chi connectivity index (χ2n) is 6.08. The average molecular weight is 260 g/mol. The molecule has 104 valence electrons. The number of para-hydroxylation sites is 1. The summed E-state index contributed by atoms with van der Waals surface area (Å²) in [5.41, 5.74) is 1.37. The first-order valence-corrected chi connectivity index (χ1v) is 7.43. The van der Waals surface area contributed by atoms with Gasteiger partial charge in [0.1, 0.15) is 12.4 Å². The predicted octanol–water partition coefficient (Wildman–Crippen LogP) is 2.44. The molecule has 3 nitrogen and oxygen atoms in total. The molecule has 2 atom stereocenters. The van der Waals surface area contributed by atoms with Crippen molar-refractivity contribution >= 4 is 0 Å². The maximum absolute atomic E-state index is 5.80. The maximum Gasteiger partial charge on any atom is 0.124 e. The van der Waals surface area contributed by atoms with E-state index in [1.807, 2.05) is 0 Å². The monoisotopic (exact) mass is 260 g/mol. The van der Waals surface area contributed by atoms with Gasteiger partial charge in [0.2, 0.25) is 0 Å². The maximum atomic E-state index is 5.80. The lowest BCUT2D eigenvalue weighted by molar-refractivity contribution is 0.189. The van der Waals surface area contributed by atoms with Gasteiger partial charge >= 0.3 is 0 Å². The Morgan fingerprint density at radius 2 is 2.21 bits per heavy atom. The van der Waals surface area contributed by atoms with Crippen molar-refractivity contribution in [1.82, 2.24) is 10.2 Å². The van der Waals surface area contributed by atoms with E-state index in [4.69, 9.17) is 4.74 Å². The van der Waals surface area contributed by atoms with E-state index in [1.54, 1.807) is 0 Å². The minimum atomic E-state index is 0.472. The topological polar surface area (TPSA) is 24.5 Å². The van der Waals surface area contributed by atoms with Gasteiger partial charge < -0.3 is 10.1 Å². The Labute approximate surface area is 115 Å². The zero-order valence-corrected chi connectivity index (χ0v) is 11.9. The third-order valence-electron chi connectivity index (χ3n) is 4.25. The Balaban J connectivity index is 1.60. The van der Waals surface area contributed by atoms with Crippen LogP contribution in [0.25, 0.3) is 0 Å². The summed E-state index contributed by atoms with van der Waals surface area (Å²) >= 11 is 0.